The lowest BCUT2D eigenvalue weighted by atomic mass is 10.0. The minimum atomic E-state index is 0.512. The van der Waals surface area contributed by atoms with Crippen molar-refractivity contribution in [3.05, 3.63) is 42.4 Å². The van der Waals surface area contributed by atoms with Crippen molar-refractivity contribution in [1.82, 2.24) is 9.97 Å². The fourth-order valence-electron chi connectivity index (χ4n) is 2.38. The summed E-state index contributed by atoms with van der Waals surface area (Å²) < 4.78 is 2.48. The molecule has 0 N–H and O–H groups in total. The van der Waals surface area contributed by atoms with Crippen LogP contribution in [0, 0.1) is 0 Å². The first-order chi connectivity index (χ1) is 9.09. The number of thiophene rings is 1. The van der Waals surface area contributed by atoms with Crippen molar-refractivity contribution < 1.29 is 0 Å². The third-order valence-electron chi connectivity index (χ3n) is 3.33. The van der Waals surface area contributed by atoms with Crippen LogP contribution in [-0.4, -0.2) is 9.97 Å². The second-order valence-corrected chi connectivity index (χ2v) is 6.18. The van der Waals surface area contributed by atoms with E-state index in [1.807, 2.05) is 6.92 Å². The molecular weight excluding hydrogens is 252 g/mol. The lowest BCUT2D eigenvalue weighted by molar-refractivity contribution is 0.878. The molecule has 0 aliphatic rings. The first kappa shape index (κ1) is 12.3. The molecule has 1 aromatic carbocycles. The van der Waals surface area contributed by atoms with Gasteiger partial charge in [0.05, 0.1) is 15.9 Å². The summed E-state index contributed by atoms with van der Waals surface area (Å²) >= 11 is 1.79. The summed E-state index contributed by atoms with van der Waals surface area (Å²) in [6, 6.07) is 6.47. The predicted octanol–water partition coefficient (Wildman–Crippen LogP) is 5.00. The molecule has 96 valence electrons. The Balaban J connectivity index is 2.48. The lowest BCUT2D eigenvalue weighted by Crippen LogP contribution is -1.87. The Bertz CT molecular complexity index is 784. The van der Waals surface area contributed by atoms with Gasteiger partial charge >= 0.3 is 0 Å². The molecule has 2 aromatic heterocycles. The molecule has 2 heterocycles. The van der Waals surface area contributed by atoms with Gasteiger partial charge in [-0.25, -0.2) is 9.97 Å². The number of rotatable bonds is 2. The normalized spacial score (nSPS) is 11.6. The van der Waals surface area contributed by atoms with Gasteiger partial charge in [-0.3, -0.25) is 0 Å². The van der Waals surface area contributed by atoms with Gasteiger partial charge in [0.1, 0.15) is 6.33 Å². The summed E-state index contributed by atoms with van der Waals surface area (Å²) in [5.41, 5.74) is 4.40. The molecule has 0 fully saturated rings. The summed E-state index contributed by atoms with van der Waals surface area (Å²) in [6.45, 7) is 10.5. The van der Waals surface area contributed by atoms with E-state index < -0.39 is 0 Å². The highest BCUT2D eigenvalue weighted by molar-refractivity contribution is 7.26. The first-order valence-electron chi connectivity index (χ1n) is 6.41. The van der Waals surface area contributed by atoms with E-state index in [-0.39, 0.29) is 0 Å². The van der Waals surface area contributed by atoms with Crippen molar-refractivity contribution in [3.63, 3.8) is 0 Å². The topological polar surface area (TPSA) is 25.8 Å². The summed E-state index contributed by atoms with van der Waals surface area (Å²) in [7, 11) is 0. The summed E-state index contributed by atoms with van der Waals surface area (Å²) in [4.78, 5) is 8.85. The Kier molecular flexibility index (Phi) is 2.86. The van der Waals surface area contributed by atoms with Crippen LogP contribution in [0.25, 0.3) is 25.9 Å². The molecule has 19 heavy (non-hydrogen) atoms. The Morgan fingerprint density at radius 3 is 2.68 bits per heavy atom. The zero-order valence-corrected chi connectivity index (χ0v) is 12.2. The second kappa shape index (κ2) is 4.42. The largest absolute Gasteiger partial charge is 0.235 e. The Labute approximate surface area is 116 Å². The summed E-state index contributed by atoms with van der Waals surface area (Å²) in [5.74, 6) is 0.512. The third-order valence-corrected chi connectivity index (χ3v) is 4.59. The molecule has 0 aliphatic heterocycles. The molecule has 0 radical (unpaired) electrons. The maximum atomic E-state index is 4.47. The Hall–Kier alpha value is -1.74. The summed E-state index contributed by atoms with van der Waals surface area (Å²) in [6.07, 6.45) is 1.64. The molecule has 0 saturated carbocycles. The van der Waals surface area contributed by atoms with Crippen LogP contribution < -0.4 is 0 Å². The molecule has 0 aliphatic carbocycles. The van der Waals surface area contributed by atoms with E-state index in [0.717, 1.165) is 21.5 Å². The quantitative estimate of drug-likeness (QED) is 0.653. The van der Waals surface area contributed by atoms with Crippen molar-refractivity contribution >= 4 is 37.2 Å². The van der Waals surface area contributed by atoms with Gasteiger partial charge in [-0.15, -0.1) is 11.3 Å². The minimum Gasteiger partial charge on any atom is -0.235 e. The van der Waals surface area contributed by atoms with Crippen LogP contribution in [0.15, 0.2) is 31.1 Å². The first-order valence-corrected chi connectivity index (χ1v) is 7.23. The van der Waals surface area contributed by atoms with Crippen LogP contribution in [0.4, 0.5) is 0 Å². The average molecular weight is 268 g/mol. The molecule has 3 rings (SSSR count). The smallest absolute Gasteiger partial charge is 0.116 e. The maximum absolute atomic E-state index is 4.47. The monoisotopic (exact) mass is 268 g/mol. The highest BCUT2D eigenvalue weighted by atomic mass is 32.1. The number of hydrogen-bond acceptors (Lipinski definition) is 3. The van der Waals surface area contributed by atoms with Crippen molar-refractivity contribution in [2.45, 2.75) is 26.7 Å². The minimum absolute atomic E-state index is 0.512. The zero-order valence-electron chi connectivity index (χ0n) is 11.4. The molecule has 0 saturated heterocycles. The van der Waals surface area contributed by atoms with Crippen molar-refractivity contribution in [2.75, 3.05) is 0 Å². The number of fused-ring (bicyclic) bond motifs is 3. The van der Waals surface area contributed by atoms with Gasteiger partial charge in [0.25, 0.3) is 0 Å². The highest BCUT2D eigenvalue weighted by Crippen LogP contribution is 2.39. The van der Waals surface area contributed by atoms with E-state index in [2.05, 4.69) is 48.6 Å². The molecule has 0 atom stereocenters. The van der Waals surface area contributed by atoms with Crippen LogP contribution in [0.2, 0.25) is 0 Å². The number of hydrogen-bond donors (Lipinski definition) is 0. The van der Waals surface area contributed by atoms with Crippen LogP contribution in [0.5, 0.6) is 0 Å². The molecule has 0 unspecified atom stereocenters. The Morgan fingerprint density at radius 2 is 2.00 bits per heavy atom. The van der Waals surface area contributed by atoms with Gasteiger partial charge in [0, 0.05) is 10.1 Å². The zero-order chi connectivity index (χ0) is 13.6. The van der Waals surface area contributed by atoms with E-state index in [4.69, 9.17) is 0 Å². The van der Waals surface area contributed by atoms with E-state index in [1.165, 1.54) is 15.6 Å². The van der Waals surface area contributed by atoms with E-state index >= 15 is 0 Å². The maximum Gasteiger partial charge on any atom is 0.116 e. The fourth-order valence-corrected chi connectivity index (χ4v) is 3.86. The molecule has 0 spiro atoms. The van der Waals surface area contributed by atoms with Crippen LogP contribution in [0.3, 0.4) is 0 Å². The van der Waals surface area contributed by atoms with Crippen molar-refractivity contribution in [2.24, 2.45) is 0 Å². The van der Waals surface area contributed by atoms with Gasteiger partial charge in [0.2, 0.25) is 0 Å². The van der Waals surface area contributed by atoms with Crippen LogP contribution in [-0.2, 0) is 0 Å². The summed E-state index contributed by atoms with van der Waals surface area (Å²) in [5, 5.41) is 1.23. The van der Waals surface area contributed by atoms with Gasteiger partial charge in [-0.05, 0) is 24.0 Å². The standard InChI is InChI=1S/C16H16N2S/c1-9(2)11-6-5-7-12-14-16(19-15(11)12)13(10(3)4)17-8-18-14/h5-9H,3H2,1-2,4H3. The fraction of sp³-hybridized carbons (Fsp3) is 0.250. The SMILES string of the molecule is C=C(C)c1ncnc2c1sc1c(C(C)C)cccc12. The van der Waals surface area contributed by atoms with E-state index in [1.54, 1.807) is 17.7 Å². The molecule has 0 bridgehead atoms. The number of nitrogens with zero attached hydrogens (tertiary/aromatic N) is 2. The molecule has 2 nitrogen and oxygen atoms in total. The van der Waals surface area contributed by atoms with Gasteiger partial charge in [-0.1, -0.05) is 38.6 Å². The van der Waals surface area contributed by atoms with Crippen LogP contribution >= 0.6 is 11.3 Å². The number of benzene rings is 1. The molecule has 3 heteroatoms. The van der Waals surface area contributed by atoms with Crippen molar-refractivity contribution in [1.29, 1.82) is 0 Å². The Morgan fingerprint density at radius 1 is 1.21 bits per heavy atom. The van der Waals surface area contributed by atoms with Gasteiger partial charge < -0.3 is 0 Å². The number of allylic oxidation sites excluding steroid dienone is 1. The molecular formula is C16H16N2S. The lowest BCUT2D eigenvalue weighted by Gasteiger charge is -2.05. The molecule has 0 amide bonds. The third kappa shape index (κ3) is 1.85. The van der Waals surface area contributed by atoms with Gasteiger partial charge in [0.15, 0.2) is 0 Å². The van der Waals surface area contributed by atoms with E-state index in [9.17, 15) is 0 Å². The van der Waals surface area contributed by atoms with Crippen LogP contribution in [0.1, 0.15) is 37.9 Å². The number of aromatic nitrogens is 2. The highest BCUT2D eigenvalue weighted by Gasteiger charge is 2.14. The predicted molar refractivity (Wildman–Crippen MR) is 83.7 cm³/mol. The van der Waals surface area contributed by atoms with Crippen molar-refractivity contribution in [3.8, 4) is 0 Å². The average Bonchev–Trinajstić information content (AvgIpc) is 2.76. The second-order valence-electron chi connectivity index (χ2n) is 5.16. The molecule has 3 aromatic rings. The van der Waals surface area contributed by atoms with E-state index in [0.29, 0.717) is 5.92 Å². The van der Waals surface area contributed by atoms with Gasteiger partial charge in [-0.2, -0.15) is 0 Å².